The first-order valence-electron chi connectivity index (χ1n) is 16.3. The summed E-state index contributed by atoms with van der Waals surface area (Å²) in [5.74, 6) is 0. The fourth-order valence-electron chi connectivity index (χ4n) is 6.26. The molecule has 0 aliphatic heterocycles. The van der Waals surface area contributed by atoms with Gasteiger partial charge in [0.2, 0.25) is 0 Å². The molecule has 0 unspecified atom stereocenters. The first-order valence-corrected chi connectivity index (χ1v) is 16.3. The van der Waals surface area contributed by atoms with Gasteiger partial charge in [-0.1, -0.05) is 165 Å². The van der Waals surface area contributed by atoms with E-state index in [9.17, 15) is 0 Å². The summed E-state index contributed by atoms with van der Waals surface area (Å²) in [5, 5.41) is 0. The molecule has 0 atom stereocenters. The molecule has 0 amide bonds. The molecule has 1 nitrogen and oxygen atoms in total. The minimum atomic E-state index is 1.02. The van der Waals surface area contributed by atoms with E-state index in [1.807, 2.05) is 0 Å². The average molecular weight is 604 g/mol. The number of benzene rings is 7. The number of hydrogen-bond donors (Lipinski definition) is 0. The molecule has 0 aliphatic rings. The summed E-state index contributed by atoms with van der Waals surface area (Å²) < 4.78 is 0. The van der Waals surface area contributed by atoms with Gasteiger partial charge in [0.1, 0.15) is 0 Å². The zero-order valence-electron chi connectivity index (χ0n) is 26.6. The smallest absolute Gasteiger partial charge is 0.0462 e. The van der Waals surface area contributed by atoms with Gasteiger partial charge in [0.05, 0.1) is 0 Å². The van der Waals surface area contributed by atoms with Crippen LogP contribution in [0.2, 0.25) is 0 Å². The molecule has 0 saturated heterocycles. The van der Waals surface area contributed by atoms with Crippen molar-refractivity contribution in [3.05, 3.63) is 222 Å². The van der Waals surface area contributed by atoms with Crippen LogP contribution in [0, 0.1) is 0 Å². The van der Waals surface area contributed by atoms with Crippen molar-refractivity contribution < 1.29 is 0 Å². The van der Waals surface area contributed by atoms with E-state index < -0.39 is 0 Å². The van der Waals surface area contributed by atoms with Gasteiger partial charge in [-0.15, -0.1) is 0 Å². The second kappa shape index (κ2) is 14.0. The van der Waals surface area contributed by atoms with Crippen LogP contribution < -0.4 is 4.90 Å². The summed E-state index contributed by atoms with van der Waals surface area (Å²) >= 11 is 0. The number of hydrogen-bond acceptors (Lipinski definition) is 1. The van der Waals surface area contributed by atoms with Crippen LogP contribution in [0.4, 0.5) is 17.1 Å². The Balaban J connectivity index is 1.29. The van der Waals surface area contributed by atoms with Gasteiger partial charge in [0.15, 0.2) is 0 Å². The standard InChI is InChI=1S/C46H37N/c1-2-35-23-25-40(26-24-35)46(45(38-15-7-3-8-16-38)39-17-9-4-10-18-39)41-29-27-36(28-30-41)37-31-33-44(34-32-37)47(42-19-11-5-12-20-42)43-21-13-6-14-22-43/h3-34H,2H2,1H3. The summed E-state index contributed by atoms with van der Waals surface area (Å²) in [6, 6.07) is 69.6. The summed E-state index contributed by atoms with van der Waals surface area (Å²) in [6.45, 7) is 2.21. The first-order chi connectivity index (χ1) is 23.3. The van der Waals surface area contributed by atoms with Gasteiger partial charge in [-0.25, -0.2) is 0 Å². The minimum Gasteiger partial charge on any atom is -0.311 e. The fraction of sp³-hybridized carbons (Fsp3) is 0.0435. The third-order valence-electron chi connectivity index (χ3n) is 8.69. The molecule has 0 heterocycles. The maximum absolute atomic E-state index is 2.29. The highest BCUT2D eigenvalue weighted by atomic mass is 15.1. The van der Waals surface area contributed by atoms with Crippen molar-refractivity contribution >= 4 is 28.2 Å². The molecule has 0 saturated carbocycles. The molecule has 7 aromatic carbocycles. The normalized spacial score (nSPS) is 10.7. The third-order valence-corrected chi connectivity index (χ3v) is 8.69. The predicted octanol–water partition coefficient (Wildman–Crippen LogP) is 12.4. The van der Waals surface area contributed by atoms with E-state index >= 15 is 0 Å². The number of nitrogens with zero attached hydrogens (tertiary/aromatic N) is 1. The van der Waals surface area contributed by atoms with Gasteiger partial charge in [0.25, 0.3) is 0 Å². The van der Waals surface area contributed by atoms with Gasteiger partial charge >= 0.3 is 0 Å². The van der Waals surface area contributed by atoms with Gasteiger partial charge in [-0.3, -0.25) is 0 Å². The van der Waals surface area contributed by atoms with E-state index in [0.717, 1.165) is 23.5 Å². The Labute approximate surface area is 278 Å². The molecule has 0 fully saturated rings. The van der Waals surface area contributed by atoms with E-state index in [2.05, 4.69) is 206 Å². The van der Waals surface area contributed by atoms with Crippen molar-refractivity contribution in [3.63, 3.8) is 0 Å². The largest absolute Gasteiger partial charge is 0.311 e. The average Bonchev–Trinajstić information content (AvgIpc) is 3.16. The van der Waals surface area contributed by atoms with Crippen molar-refractivity contribution in [1.29, 1.82) is 0 Å². The first kappa shape index (κ1) is 29.8. The van der Waals surface area contributed by atoms with E-state index in [1.54, 1.807) is 0 Å². The van der Waals surface area contributed by atoms with Gasteiger partial charge in [-0.05, 0) is 92.9 Å². The number of para-hydroxylation sites is 2. The van der Waals surface area contributed by atoms with Gasteiger partial charge in [-0.2, -0.15) is 0 Å². The highest BCUT2D eigenvalue weighted by Gasteiger charge is 2.17. The molecule has 0 bridgehead atoms. The van der Waals surface area contributed by atoms with Gasteiger partial charge < -0.3 is 4.90 Å². The Kier molecular flexibility index (Phi) is 8.88. The summed E-state index contributed by atoms with van der Waals surface area (Å²) in [4.78, 5) is 2.29. The molecule has 47 heavy (non-hydrogen) atoms. The van der Waals surface area contributed by atoms with Crippen molar-refractivity contribution in [1.82, 2.24) is 0 Å². The van der Waals surface area contributed by atoms with Crippen LogP contribution in [0.15, 0.2) is 194 Å². The molecule has 226 valence electrons. The fourth-order valence-corrected chi connectivity index (χ4v) is 6.26. The Morgan fingerprint density at radius 3 is 1.06 bits per heavy atom. The summed E-state index contributed by atoms with van der Waals surface area (Å²) in [6.07, 6.45) is 1.02. The third kappa shape index (κ3) is 6.57. The monoisotopic (exact) mass is 603 g/mol. The molecule has 7 aromatic rings. The maximum Gasteiger partial charge on any atom is 0.0462 e. The number of aryl methyl sites for hydroxylation is 1. The molecule has 0 spiro atoms. The number of anilines is 3. The lowest BCUT2D eigenvalue weighted by Gasteiger charge is -2.25. The lowest BCUT2D eigenvalue weighted by Crippen LogP contribution is -2.09. The van der Waals surface area contributed by atoms with Crippen molar-refractivity contribution in [2.45, 2.75) is 13.3 Å². The van der Waals surface area contributed by atoms with Crippen molar-refractivity contribution in [3.8, 4) is 11.1 Å². The van der Waals surface area contributed by atoms with E-state index in [0.29, 0.717) is 0 Å². The lowest BCUT2D eigenvalue weighted by atomic mass is 9.85. The molecule has 0 aliphatic carbocycles. The van der Waals surface area contributed by atoms with Crippen LogP contribution in [-0.4, -0.2) is 0 Å². The van der Waals surface area contributed by atoms with Crippen molar-refractivity contribution in [2.24, 2.45) is 0 Å². The molecule has 0 aromatic heterocycles. The predicted molar refractivity (Wildman–Crippen MR) is 200 cm³/mol. The molecule has 1 heteroatoms. The minimum absolute atomic E-state index is 1.02. The molecule has 0 N–H and O–H groups in total. The summed E-state index contributed by atoms with van der Waals surface area (Å²) in [7, 11) is 0. The van der Waals surface area contributed by atoms with Crippen LogP contribution in [-0.2, 0) is 6.42 Å². The van der Waals surface area contributed by atoms with E-state index in [-0.39, 0.29) is 0 Å². The van der Waals surface area contributed by atoms with E-state index in [1.165, 1.54) is 50.1 Å². The van der Waals surface area contributed by atoms with Crippen molar-refractivity contribution in [2.75, 3.05) is 4.90 Å². The van der Waals surface area contributed by atoms with Crippen LogP contribution >= 0.6 is 0 Å². The van der Waals surface area contributed by atoms with Crippen LogP contribution in [0.5, 0.6) is 0 Å². The van der Waals surface area contributed by atoms with Crippen LogP contribution in [0.1, 0.15) is 34.7 Å². The topological polar surface area (TPSA) is 3.24 Å². The molecular formula is C46H37N. The quantitative estimate of drug-likeness (QED) is 0.148. The molecule has 0 radical (unpaired) electrons. The SMILES string of the molecule is CCc1ccc(C(=C(c2ccccc2)c2ccccc2)c2ccc(-c3ccc(N(c4ccccc4)c4ccccc4)cc3)cc2)cc1. The highest BCUT2D eigenvalue weighted by molar-refractivity contribution is 6.04. The second-order valence-corrected chi connectivity index (χ2v) is 11.7. The Bertz CT molecular complexity index is 1960. The van der Waals surface area contributed by atoms with Crippen LogP contribution in [0.3, 0.4) is 0 Å². The zero-order valence-corrected chi connectivity index (χ0v) is 26.6. The molecular weight excluding hydrogens is 567 g/mol. The van der Waals surface area contributed by atoms with Crippen LogP contribution in [0.25, 0.3) is 22.3 Å². The Morgan fingerprint density at radius 1 is 0.340 bits per heavy atom. The highest BCUT2D eigenvalue weighted by Crippen LogP contribution is 2.39. The van der Waals surface area contributed by atoms with Gasteiger partial charge in [0, 0.05) is 17.1 Å². The number of rotatable bonds is 9. The Morgan fingerprint density at radius 2 is 0.660 bits per heavy atom. The Hall–Kier alpha value is -5.92. The second-order valence-electron chi connectivity index (χ2n) is 11.7. The lowest BCUT2D eigenvalue weighted by molar-refractivity contribution is 1.14. The summed E-state index contributed by atoms with van der Waals surface area (Å²) in [5.41, 5.74) is 14.4. The maximum atomic E-state index is 2.29. The van der Waals surface area contributed by atoms with E-state index in [4.69, 9.17) is 0 Å². The zero-order chi connectivity index (χ0) is 31.8. The molecule has 7 rings (SSSR count).